The van der Waals surface area contributed by atoms with Gasteiger partial charge in [0.05, 0.1) is 6.10 Å². The normalized spacial score (nSPS) is 41.1. The molecule has 1 unspecified atom stereocenters. The summed E-state index contributed by atoms with van der Waals surface area (Å²) in [5, 5.41) is 10.2. The number of rotatable bonds is 2. The third-order valence-corrected chi connectivity index (χ3v) is 4.41. The van der Waals surface area contributed by atoms with Gasteiger partial charge in [0.2, 0.25) is 0 Å². The molecule has 13 heavy (non-hydrogen) atoms. The second-order valence-electron chi connectivity index (χ2n) is 5.53. The molecule has 0 aromatic carbocycles. The second kappa shape index (κ2) is 3.27. The molecule has 0 aromatic heterocycles. The Hall–Kier alpha value is -0.0400. The highest BCUT2D eigenvalue weighted by Gasteiger charge is 2.45. The lowest BCUT2D eigenvalue weighted by molar-refractivity contribution is -0.0750. The van der Waals surface area contributed by atoms with E-state index in [1.807, 2.05) is 0 Å². The van der Waals surface area contributed by atoms with Crippen molar-refractivity contribution in [2.24, 2.45) is 17.3 Å². The third-order valence-electron chi connectivity index (χ3n) is 4.41. The molecule has 1 atom stereocenters. The van der Waals surface area contributed by atoms with Gasteiger partial charge in [0.25, 0.3) is 0 Å². The van der Waals surface area contributed by atoms with Gasteiger partial charge in [-0.3, -0.25) is 0 Å². The van der Waals surface area contributed by atoms with Crippen molar-refractivity contribution < 1.29 is 5.11 Å². The van der Waals surface area contributed by atoms with Crippen molar-refractivity contribution >= 4 is 0 Å². The molecule has 1 heteroatoms. The monoisotopic (exact) mass is 182 g/mol. The molecular formula is C12H22O. The van der Waals surface area contributed by atoms with Crippen LogP contribution in [0, 0.1) is 17.3 Å². The smallest absolute Gasteiger partial charge is 0.0619 e. The SMILES string of the molecule is CC(C)C(O)C12CCC(CC1)CC2. The molecule has 3 saturated carbocycles. The predicted octanol–water partition coefficient (Wildman–Crippen LogP) is 2.97. The van der Waals surface area contributed by atoms with Crippen LogP contribution in [0.2, 0.25) is 0 Å². The first-order chi connectivity index (χ1) is 6.14. The molecule has 3 rings (SSSR count). The predicted molar refractivity (Wildman–Crippen MR) is 54.5 cm³/mol. The molecule has 0 saturated heterocycles. The Balaban J connectivity index is 2.09. The Bertz CT molecular complexity index is 164. The van der Waals surface area contributed by atoms with E-state index < -0.39 is 0 Å². The van der Waals surface area contributed by atoms with Crippen LogP contribution in [-0.2, 0) is 0 Å². The van der Waals surface area contributed by atoms with E-state index in [9.17, 15) is 5.11 Å². The molecule has 0 amide bonds. The zero-order valence-corrected chi connectivity index (χ0v) is 8.92. The summed E-state index contributed by atoms with van der Waals surface area (Å²) >= 11 is 0. The summed E-state index contributed by atoms with van der Waals surface area (Å²) in [6, 6.07) is 0. The van der Waals surface area contributed by atoms with E-state index in [2.05, 4.69) is 13.8 Å². The van der Waals surface area contributed by atoms with Gasteiger partial charge in [-0.05, 0) is 55.8 Å². The van der Waals surface area contributed by atoms with E-state index in [1.54, 1.807) is 0 Å². The van der Waals surface area contributed by atoms with Gasteiger partial charge in [-0.1, -0.05) is 13.8 Å². The average molecular weight is 182 g/mol. The zero-order chi connectivity index (χ0) is 9.47. The Morgan fingerprint density at radius 1 is 1.08 bits per heavy atom. The standard InChI is InChI=1S/C12H22O/c1-9(2)11(13)12-6-3-10(4-7-12)5-8-12/h9-11,13H,3-8H2,1-2H3. The molecule has 2 bridgehead atoms. The van der Waals surface area contributed by atoms with E-state index in [0.29, 0.717) is 11.3 Å². The topological polar surface area (TPSA) is 20.2 Å². The number of aliphatic hydroxyl groups is 1. The molecule has 0 radical (unpaired) electrons. The van der Waals surface area contributed by atoms with Crippen molar-refractivity contribution in [1.82, 2.24) is 0 Å². The average Bonchev–Trinajstić information content (AvgIpc) is 2.19. The molecule has 0 spiro atoms. The Morgan fingerprint density at radius 2 is 1.54 bits per heavy atom. The van der Waals surface area contributed by atoms with E-state index in [0.717, 1.165) is 5.92 Å². The fraction of sp³-hybridized carbons (Fsp3) is 1.00. The molecule has 3 fully saturated rings. The summed E-state index contributed by atoms with van der Waals surface area (Å²) in [4.78, 5) is 0. The number of aliphatic hydroxyl groups excluding tert-OH is 1. The molecule has 1 N–H and O–H groups in total. The first-order valence-corrected chi connectivity index (χ1v) is 5.82. The Labute approximate surface area is 81.5 Å². The third kappa shape index (κ3) is 1.52. The number of hydrogen-bond acceptors (Lipinski definition) is 1. The fourth-order valence-corrected chi connectivity index (χ4v) is 3.43. The zero-order valence-electron chi connectivity index (χ0n) is 8.92. The number of hydrogen-bond donors (Lipinski definition) is 1. The summed E-state index contributed by atoms with van der Waals surface area (Å²) in [7, 11) is 0. The van der Waals surface area contributed by atoms with Gasteiger partial charge in [-0.25, -0.2) is 0 Å². The summed E-state index contributed by atoms with van der Waals surface area (Å²) in [5.41, 5.74) is 0.322. The first-order valence-electron chi connectivity index (χ1n) is 5.82. The van der Waals surface area contributed by atoms with E-state index >= 15 is 0 Å². The van der Waals surface area contributed by atoms with Gasteiger partial charge < -0.3 is 5.11 Å². The van der Waals surface area contributed by atoms with E-state index in [-0.39, 0.29) is 6.10 Å². The van der Waals surface area contributed by atoms with Gasteiger partial charge in [0.15, 0.2) is 0 Å². The lowest BCUT2D eigenvalue weighted by atomic mass is 9.57. The van der Waals surface area contributed by atoms with Crippen molar-refractivity contribution in [3.8, 4) is 0 Å². The molecule has 0 heterocycles. The number of fused-ring (bicyclic) bond motifs is 3. The van der Waals surface area contributed by atoms with Crippen molar-refractivity contribution in [2.75, 3.05) is 0 Å². The van der Waals surface area contributed by atoms with Crippen LogP contribution in [0.15, 0.2) is 0 Å². The minimum atomic E-state index is -0.0475. The van der Waals surface area contributed by atoms with E-state index in [1.165, 1.54) is 38.5 Å². The maximum atomic E-state index is 10.2. The summed E-state index contributed by atoms with van der Waals surface area (Å²) in [5.74, 6) is 1.44. The highest BCUT2D eigenvalue weighted by Crippen LogP contribution is 2.53. The Morgan fingerprint density at radius 3 is 1.92 bits per heavy atom. The molecule has 3 aliphatic carbocycles. The highest BCUT2D eigenvalue weighted by atomic mass is 16.3. The van der Waals surface area contributed by atoms with Crippen molar-refractivity contribution in [1.29, 1.82) is 0 Å². The van der Waals surface area contributed by atoms with Gasteiger partial charge in [-0.2, -0.15) is 0 Å². The summed E-state index contributed by atoms with van der Waals surface area (Å²) in [6.45, 7) is 4.31. The minimum Gasteiger partial charge on any atom is -0.392 e. The molecule has 3 aliphatic rings. The molecule has 0 aliphatic heterocycles. The second-order valence-corrected chi connectivity index (χ2v) is 5.53. The van der Waals surface area contributed by atoms with Crippen LogP contribution < -0.4 is 0 Å². The summed E-state index contributed by atoms with van der Waals surface area (Å²) < 4.78 is 0. The van der Waals surface area contributed by atoms with Crippen LogP contribution in [0.5, 0.6) is 0 Å². The lowest BCUT2D eigenvalue weighted by Crippen LogP contribution is -2.45. The van der Waals surface area contributed by atoms with Crippen LogP contribution in [0.25, 0.3) is 0 Å². The molecule has 1 nitrogen and oxygen atoms in total. The van der Waals surface area contributed by atoms with Crippen LogP contribution in [-0.4, -0.2) is 11.2 Å². The van der Waals surface area contributed by atoms with Crippen LogP contribution in [0.3, 0.4) is 0 Å². The van der Waals surface area contributed by atoms with Crippen LogP contribution in [0.4, 0.5) is 0 Å². The van der Waals surface area contributed by atoms with Crippen molar-refractivity contribution in [3.05, 3.63) is 0 Å². The van der Waals surface area contributed by atoms with E-state index in [4.69, 9.17) is 0 Å². The maximum absolute atomic E-state index is 10.2. The Kier molecular flexibility index (Phi) is 2.39. The lowest BCUT2D eigenvalue weighted by Gasteiger charge is -2.50. The minimum absolute atomic E-state index is 0.0475. The van der Waals surface area contributed by atoms with Gasteiger partial charge in [0, 0.05) is 0 Å². The van der Waals surface area contributed by atoms with Crippen LogP contribution in [0.1, 0.15) is 52.4 Å². The quantitative estimate of drug-likeness (QED) is 0.696. The maximum Gasteiger partial charge on any atom is 0.0619 e. The summed E-state index contributed by atoms with van der Waals surface area (Å²) in [6.07, 6.45) is 7.95. The van der Waals surface area contributed by atoms with Gasteiger partial charge in [-0.15, -0.1) is 0 Å². The molecule has 76 valence electrons. The molecular weight excluding hydrogens is 160 g/mol. The van der Waals surface area contributed by atoms with Crippen molar-refractivity contribution in [2.45, 2.75) is 58.5 Å². The van der Waals surface area contributed by atoms with Gasteiger partial charge in [0.1, 0.15) is 0 Å². The van der Waals surface area contributed by atoms with Gasteiger partial charge >= 0.3 is 0 Å². The first kappa shape index (κ1) is 9.51. The fourth-order valence-electron chi connectivity index (χ4n) is 3.43. The van der Waals surface area contributed by atoms with Crippen molar-refractivity contribution in [3.63, 3.8) is 0 Å². The molecule has 0 aromatic rings. The van der Waals surface area contributed by atoms with Crippen LogP contribution >= 0.6 is 0 Å². The highest BCUT2D eigenvalue weighted by molar-refractivity contribution is 4.96. The largest absolute Gasteiger partial charge is 0.392 e.